The molecule has 1 rings (SSSR count). The van der Waals surface area contributed by atoms with Gasteiger partial charge in [-0.05, 0) is 34.1 Å². The van der Waals surface area contributed by atoms with E-state index in [1.165, 1.54) is 0 Å². The Morgan fingerprint density at radius 3 is 2.23 bits per heavy atom. The van der Waals surface area contributed by atoms with Crippen LogP contribution in [0.4, 0.5) is 0 Å². The number of hydrogen-bond acceptors (Lipinski definition) is 2. The van der Waals surface area contributed by atoms with Gasteiger partial charge in [-0.3, -0.25) is 4.79 Å². The van der Waals surface area contributed by atoms with Crippen LogP contribution < -0.4 is 10.6 Å². The normalized spacial score (nSPS) is 30.1. The molecule has 0 spiro atoms. The van der Waals surface area contributed by atoms with Gasteiger partial charge in [0.15, 0.2) is 0 Å². The third-order valence-electron chi connectivity index (χ3n) is 2.62. The molecule has 0 aliphatic carbocycles. The lowest BCUT2D eigenvalue weighted by Gasteiger charge is -2.28. The fourth-order valence-corrected chi connectivity index (χ4v) is 2.25. The van der Waals surface area contributed by atoms with Crippen molar-refractivity contribution in [1.82, 2.24) is 10.6 Å². The molecule has 0 saturated carbocycles. The van der Waals surface area contributed by atoms with E-state index in [0.29, 0.717) is 0 Å². The maximum absolute atomic E-state index is 11.0. The number of amides is 1. The Hall–Kier alpha value is -0.570. The van der Waals surface area contributed by atoms with Crippen LogP contribution in [0.2, 0.25) is 0 Å². The number of hydrogen-bond donors (Lipinski definition) is 2. The molecular formula is C10H20N2O. The largest absolute Gasteiger partial charge is 0.352 e. The van der Waals surface area contributed by atoms with E-state index in [2.05, 4.69) is 38.3 Å². The van der Waals surface area contributed by atoms with Crippen molar-refractivity contribution in [3.05, 3.63) is 0 Å². The molecule has 0 radical (unpaired) electrons. The highest BCUT2D eigenvalue weighted by molar-refractivity contribution is 5.73. The molecule has 0 bridgehead atoms. The van der Waals surface area contributed by atoms with Crippen LogP contribution in [0.15, 0.2) is 0 Å². The summed E-state index contributed by atoms with van der Waals surface area (Å²) in [5.41, 5.74) is 0.117. The third kappa shape index (κ3) is 2.44. The van der Waals surface area contributed by atoms with Crippen molar-refractivity contribution < 1.29 is 4.79 Å². The average molecular weight is 184 g/mol. The lowest BCUT2D eigenvalue weighted by Crippen LogP contribution is -2.51. The summed E-state index contributed by atoms with van der Waals surface area (Å²) >= 11 is 0. The summed E-state index contributed by atoms with van der Waals surface area (Å²) < 4.78 is 0. The van der Waals surface area contributed by atoms with Crippen LogP contribution >= 0.6 is 0 Å². The lowest BCUT2D eigenvalue weighted by molar-refractivity contribution is -0.119. The van der Waals surface area contributed by atoms with Gasteiger partial charge in [-0.25, -0.2) is 0 Å². The van der Waals surface area contributed by atoms with Crippen LogP contribution in [0.5, 0.6) is 0 Å². The van der Waals surface area contributed by atoms with Gasteiger partial charge in [-0.15, -0.1) is 0 Å². The lowest BCUT2D eigenvalue weighted by atomic mass is 9.94. The summed E-state index contributed by atoms with van der Waals surface area (Å²) in [5, 5.41) is 6.50. The highest BCUT2D eigenvalue weighted by atomic mass is 16.1. The minimum absolute atomic E-state index is 0.00479. The molecule has 0 aromatic heterocycles. The Bertz CT molecular complexity index is 221. The molecule has 0 aromatic carbocycles. The first-order chi connectivity index (χ1) is 5.73. The smallest absolute Gasteiger partial charge is 0.217 e. The van der Waals surface area contributed by atoms with Gasteiger partial charge in [0.1, 0.15) is 0 Å². The SMILES string of the molecule is CC(=O)NC1CC(C)(C)NC1(C)C. The second-order valence-corrected chi connectivity index (χ2v) is 5.19. The van der Waals surface area contributed by atoms with E-state index in [9.17, 15) is 4.79 Å². The summed E-state index contributed by atoms with van der Waals surface area (Å²) in [7, 11) is 0. The van der Waals surface area contributed by atoms with Gasteiger partial charge in [0.05, 0.1) is 0 Å². The number of carbonyl (C=O) groups excluding carboxylic acids is 1. The average Bonchev–Trinajstić information content (AvgIpc) is 1.98. The molecule has 1 aliphatic heterocycles. The number of rotatable bonds is 1. The predicted molar refractivity (Wildman–Crippen MR) is 53.5 cm³/mol. The highest BCUT2D eigenvalue weighted by Crippen LogP contribution is 2.30. The van der Waals surface area contributed by atoms with Gasteiger partial charge < -0.3 is 10.6 Å². The maximum Gasteiger partial charge on any atom is 0.217 e. The van der Waals surface area contributed by atoms with Crippen LogP contribution in [0.25, 0.3) is 0 Å². The molecular weight excluding hydrogens is 164 g/mol. The quantitative estimate of drug-likeness (QED) is 0.639. The van der Waals surface area contributed by atoms with Crippen molar-refractivity contribution >= 4 is 5.91 Å². The topological polar surface area (TPSA) is 41.1 Å². The van der Waals surface area contributed by atoms with E-state index in [-0.39, 0.29) is 23.0 Å². The Balaban J connectivity index is 2.70. The van der Waals surface area contributed by atoms with Crippen molar-refractivity contribution in [2.24, 2.45) is 0 Å². The first kappa shape index (κ1) is 10.5. The summed E-state index contributed by atoms with van der Waals surface area (Å²) in [6.45, 7) is 10.2. The Kier molecular flexibility index (Phi) is 2.41. The molecule has 76 valence electrons. The molecule has 2 N–H and O–H groups in total. The summed E-state index contributed by atoms with van der Waals surface area (Å²) in [4.78, 5) is 11.0. The first-order valence-corrected chi connectivity index (χ1v) is 4.79. The van der Waals surface area contributed by atoms with E-state index < -0.39 is 0 Å². The van der Waals surface area contributed by atoms with Gasteiger partial charge in [0.25, 0.3) is 0 Å². The molecule has 1 amide bonds. The van der Waals surface area contributed by atoms with Crippen LogP contribution in [0.3, 0.4) is 0 Å². The van der Waals surface area contributed by atoms with Gasteiger partial charge in [0, 0.05) is 24.0 Å². The third-order valence-corrected chi connectivity index (χ3v) is 2.62. The number of carbonyl (C=O) groups is 1. The van der Waals surface area contributed by atoms with Crippen molar-refractivity contribution in [3.63, 3.8) is 0 Å². The van der Waals surface area contributed by atoms with Crippen molar-refractivity contribution in [2.75, 3.05) is 0 Å². The van der Waals surface area contributed by atoms with E-state index in [0.717, 1.165) is 6.42 Å². The van der Waals surface area contributed by atoms with E-state index in [1.807, 2.05) is 0 Å². The fraction of sp³-hybridized carbons (Fsp3) is 0.900. The molecule has 3 heteroatoms. The Morgan fingerprint density at radius 1 is 1.38 bits per heavy atom. The van der Waals surface area contributed by atoms with Crippen molar-refractivity contribution in [2.45, 2.75) is 58.2 Å². The first-order valence-electron chi connectivity index (χ1n) is 4.79. The zero-order chi connectivity index (χ0) is 10.3. The summed E-state index contributed by atoms with van der Waals surface area (Å²) in [6.07, 6.45) is 0.986. The summed E-state index contributed by atoms with van der Waals surface area (Å²) in [5.74, 6) is 0.0533. The zero-order valence-corrected chi connectivity index (χ0v) is 9.19. The van der Waals surface area contributed by atoms with Gasteiger partial charge in [-0.1, -0.05) is 0 Å². The molecule has 1 fully saturated rings. The fourth-order valence-electron chi connectivity index (χ4n) is 2.25. The van der Waals surface area contributed by atoms with Crippen LogP contribution in [-0.2, 0) is 4.79 Å². The minimum atomic E-state index is -0.00479. The molecule has 1 saturated heterocycles. The Morgan fingerprint density at radius 2 is 1.92 bits per heavy atom. The molecule has 3 nitrogen and oxygen atoms in total. The molecule has 1 atom stereocenters. The van der Waals surface area contributed by atoms with Crippen LogP contribution in [0.1, 0.15) is 41.0 Å². The molecule has 0 aromatic rings. The van der Waals surface area contributed by atoms with Crippen LogP contribution in [-0.4, -0.2) is 23.0 Å². The van der Waals surface area contributed by atoms with Gasteiger partial charge in [0.2, 0.25) is 5.91 Å². The van der Waals surface area contributed by atoms with E-state index >= 15 is 0 Å². The van der Waals surface area contributed by atoms with Gasteiger partial charge in [-0.2, -0.15) is 0 Å². The Labute approximate surface area is 80.3 Å². The van der Waals surface area contributed by atoms with Crippen molar-refractivity contribution in [3.8, 4) is 0 Å². The van der Waals surface area contributed by atoms with Gasteiger partial charge >= 0.3 is 0 Å². The highest BCUT2D eigenvalue weighted by Gasteiger charge is 2.44. The predicted octanol–water partition coefficient (Wildman–Crippen LogP) is 1.04. The zero-order valence-electron chi connectivity index (χ0n) is 9.19. The maximum atomic E-state index is 11.0. The van der Waals surface area contributed by atoms with Crippen molar-refractivity contribution in [1.29, 1.82) is 0 Å². The molecule has 1 aliphatic rings. The van der Waals surface area contributed by atoms with E-state index in [4.69, 9.17) is 0 Å². The van der Waals surface area contributed by atoms with E-state index in [1.54, 1.807) is 6.92 Å². The minimum Gasteiger partial charge on any atom is -0.352 e. The monoisotopic (exact) mass is 184 g/mol. The molecule has 1 heterocycles. The molecule has 1 unspecified atom stereocenters. The van der Waals surface area contributed by atoms with Crippen LogP contribution in [0, 0.1) is 0 Å². The standard InChI is InChI=1S/C10H20N2O/c1-7(13)11-8-6-9(2,3)12-10(8,4)5/h8,12H,6H2,1-5H3,(H,11,13). The molecule has 13 heavy (non-hydrogen) atoms. The summed E-state index contributed by atoms with van der Waals surface area (Å²) in [6, 6.07) is 0.236. The second kappa shape index (κ2) is 2.98. The second-order valence-electron chi connectivity index (χ2n) is 5.19. The number of nitrogens with one attached hydrogen (secondary N) is 2.